The van der Waals surface area contributed by atoms with E-state index in [0.717, 1.165) is 11.0 Å². The normalized spacial score (nSPS) is 13.7. The number of amides is 1. The van der Waals surface area contributed by atoms with Crippen LogP contribution in [0.4, 0.5) is 0 Å². The van der Waals surface area contributed by atoms with Gasteiger partial charge in [0.15, 0.2) is 0 Å². The number of halogens is 1. The van der Waals surface area contributed by atoms with Crippen LogP contribution in [0, 0.1) is 5.92 Å². The van der Waals surface area contributed by atoms with E-state index in [1.807, 2.05) is 45.0 Å². The lowest BCUT2D eigenvalue weighted by Gasteiger charge is -2.33. The molecule has 0 saturated carbocycles. The fourth-order valence-corrected chi connectivity index (χ4v) is 2.20. The van der Waals surface area contributed by atoms with Gasteiger partial charge in [0.2, 0.25) is 5.91 Å². The Kier molecular flexibility index (Phi) is 5.79. The molecule has 4 N–H and O–H groups in total. The van der Waals surface area contributed by atoms with Crippen molar-refractivity contribution in [2.24, 2.45) is 11.7 Å². The molecule has 0 aliphatic heterocycles. The summed E-state index contributed by atoms with van der Waals surface area (Å²) in [6.45, 7) is 6.24. The van der Waals surface area contributed by atoms with E-state index >= 15 is 0 Å². The van der Waals surface area contributed by atoms with Crippen LogP contribution in [0.15, 0.2) is 29.1 Å². The molecule has 122 valence electrons. The van der Waals surface area contributed by atoms with Crippen LogP contribution in [-0.4, -0.2) is 27.5 Å². The molecule has 2 aromatic rings. The van der Waals surface area contributed by atoms with Crippen LogP contribution >= 0.6 is 12.4 Å². The molecule has 0 spiro atoms. The maximum absolute atomic E-state index is 12.2. The summed E-state index contributed by atoms with van der Waals surface area (Å²) < 4.78 is 1.43. The first-order valence-corrected chi connectivity index (χ1v) is 7.06. The highest BCUT2D eigenvalue weighted by atomic mass is 35.5. The fraction of sp³-hybridized carbons (Fsp3) is 0.467. The first-order valence-electron chi connectivity index (χ1n) is 7.06. The molecule has 0 aliphatic rings. The number of nitrogens with zero attached hydrogens (tertiary/aromatic N) is 1. The van der Waals surface area contributed by atoms with E-state index in [1.165, 1.54) is 4.57 Å². The number of nitrogens with one attached hydrogen (secondary N) is 2. The second kappa shape index (κ2) is 6.98. The molecule has 7 heteroatoms. The number of aromatic amines is 1. The number of benzene rings is 1. The SMILES string of the molecule is CC(C)C(C)(CN)NC(=O)Cn1c(=O)[nH]c2ccccc21.Cl. The molecule has 0 bridgehead atoms. The average Bonchev–Trinajstić information content (AvgIpc) is 2.75. The summed E-state index contributed by atoms with van der Waals surface area (Å²) >= 11 is 0. The van der Waals surface area contributed by atoms with Gasteiger partial charge in [0.05, 0.1) is 16.6 Å². The van der Waals surface area contributed by atoms with Gasteiger partial charge in [0.25, 0.3) is 0 Å². The predicted molar refractivity (Wildman–Crippen MR) is 90.2 cm³/mol. The fourth-order valence-electron chi connectivity index (χ4n) is 2.20. The summed E-state index contributed by atoms with van der Waals surface area (Å²) in [5.41, 5.74) is 6.44. The minimum Gasteiger partial charge on any atom is -0.348 e. The summed E-state index contributed by atoms with van der Waals surface area (Å²) in [5, 5.41) is 2.94. The van der Waals surface area contributed by atoms with Gasteiger partial charge in [-0.25, -0.2) is 4.79 Å². The van der Waals surface area contributed by atoms with Crippen molar-refractivity contribution in [1.82, 2.24) is 14.9 Å². The predicted octanol–water partition coefficient (Wildman–Crippen LogP) is 1.24. The summed E-state index contributed by atoms with van der Waals surface area (Å²) in [7, 11) is 0. The van der Waals surface area contributed by atoms with Gasteiger partial charge in [-0.2, -0.15) is 0 Å². The first-order chi connectivity index (χ1) is 9.87. The molecule has 1 amide bonds. The molecule has 1 aromatic heterocycles. The van der Waals surface area contributed by atoms with Gasteiger partial charge in [0.1, 0.15) is 6.54 Å². The second-order valence-electron chi connectivity index (χ2n) is 5.86. The van der Waals surface area contributed by atoms with Crippen molar-refractivity contribution in [2.75, 3.05) is 6.54 Å². The molecule has 0 saturated heterocycles. The van der Waals surface area contributed by atoms with Gasteiger partial charge in [-0.15, -0.1) is 12.4 Å². The number of hydrogen-bond donors (Lipinski definition) is 3. The van der Waals surface area contributed by atoms with Gasteiger partial charge in [0, 0.05) is 6.54 Å². The number of fused-ring (bicyclic) bond motifs is 1. The number of hydrogen-bond acceptors (Lipinski definition) is 3. The van der Waals surface area contributed by atoms with E-state index in [4.69, 9.17) is 5.73 Å². The number of aromatic nitrogens is 2. The van der Waals surface area contributed by atoms with E-state index in [0.29, 0.717) is 6.54 Å². The summed E-state index contributed by atoms with van der Waals surface area (Å²) in [6.07, 6.45) is 0. The third kappa shape index (κ3) is 3.51. The van der Waals surface area contributed by atoms with Crippen molar-refractivity contribution < 1.29 is 4.79 Å². The van der Waals surface area contributed by atoms with Gasteiger partial charge < -0.3 is 16.0 Å². The Morgan fingerprint density at radius 1 is 1.41 bits per heavy atom. The van der Waals surface area contributed by atoms with Crippen molar-refractivity contribution in [3.63, 3.8) is 0 Å². The molecule has 1 aromatic carbocycles. The third-order valence-electron chi connectivity index (χ3n) is 4.11. The van der Waals surface area contributed by atoms with Crippen LogP contribution in [-0.2, 0) is 11.3 Å². The summed E-state index contributed by atoms with van der Waals surface area (Å²) in [4.78, 5) is 26.9. The molecule has 22 heavy (non-hydrogen) atoms. The van der Waals surface area contributed by atoms with Crippen LogP contribution < -0.4 is 16.7 Å². The number of para-hydroxylation sites is 2. The monoisotopic (exact) mass is 326 g/mol. The third-order valence-corrected chi connectivity index (χ3v) is 4.11. The van der Waals surface area contributed by atoms with E-state index in [9.17, 15) is 9.59 Å². The Labute approximate surface area is 135 Å². The second-order valence-corrected chi connectivity index (χ2v) is 5.86. The zero-order valence-electron chi connectivity index (χ0n) is 13.1. The number of carbonyl (C=O) groups is 1. The number of imidazole rings is 1. The number of rotatable bonds is 5. The van der Waals surface area contributed by atoms with Gasteiger partial charge >= 0.3 is 5.69 Å². The molecular weight excluding hydrogens is 304 g/mol. The maximum Gasteiger partial charge on any atom is 0.326 e. The number of nitrogens with two attached hydrogens (primary N) is 1. The van der Waals surface area contributed by atoms with E-state index in [-0.39, 0.29) is 36.5 Å². The first kappa shape index (κ1) is 18.3. The molecule has 6 nitrogen and oxygen atoms in total. The van der Waals surface area contributed by atoms with Gasteiger partial charge in [-0.3, -0.25) is 9.36 Å². The smallest absolute Gasteiger partial charge is 0.326 e. The molecule has 1 unspecified atom stereocenters. The van der Waals surface area contributed by atoms with Crippen molar-refractivity contribution in [3.8, 4) is 0 Å². The molecule has 1 heterocycles. The van der Waals surface area contributed by atoms with Gasteiger partial charge in [-0.05, 0) is 25.0 Å². The van der Waals surface area contributed by atoms with E-state index in [2.05, 4.69) is 10.3 Å². The Morgan fingerprint density at radius 3 is 2.64 bits per heavy atom. The molecule has 0 aliphatic carbocycles. The number of H-pyrrole nitrogens is 1. The molecule has 0 fully saturated rings. The standard InChI is InChI=1S/C15H22N4O2.ClH/c1-10(2)15(3,9-16)18-13(20)8-19-12-7-5-4-6-11(12)17-14(19)21;/h4-7,10H,8-9,16H2,1-3H3,(H,17,21)(H,18,20);1H. The quantitative estimate of drug-likeness (QED) is 0.771. The van der Waals surface area contributed by atoms with E-state index in [1.54, 1.807) is 0 Å². The Bertz CT molecular complexity index is 707. The lowest BCUT2D eigenvalue weighted by molar-refractivity contribution is -0.123. The van der Waals surface area contributed by atoms with Crippen LogP contribution in [0.3, 0.4) is 0 Å². The molecule has 2 rings (SSSR count). The molecular formula is C15H23ClN4O2. The largest absolute Gasteiger partial charge is 0.348 e. The highest BCUT2D eigenvalue weighted by Crippen LogP contribution is 2.15. The molecule has 0 radical (unpaired) electrons. The Morgan fingerprint density at radius 2 is 2.05 bits per heavy atom. The lowest BCUT2D eigenvalue weighted by atomic mass is 9.88. The van der Waals surface area contributed by atoms with Gasteiger partial charge in [-0.1, -0.05) is 26.0 Å². The van der Waals surface area contributed by atoms with E-state index < -0.39 is 5.54 Å². The lowest BCUT2D eigenvalue weighted by Crippen LogP contribution is -2.55. The zero-order chi connectivity index (χ0) is 15.6. The minimum absolute atomic E-state index is 0. The highest BCUT2D eigenvalue weighted by molar-refractivity contribution is 5.85. The van der Waals surface area contributed by atoms with Crippen LogP contribution in [0.1, 0.15) is 20.8 Å². The van der Waals surface area contributed by atoms with Crippen molar-refractivity contribution >= 4 is 29.3 Å². The Balaban J connectivity index is 0.00000242. The topological polar surface area (TPSA) is 92.9 Å². The summed E-state index contributed by atoms with van der Waals surface area (Å²) in [6, 6.07) is 7.30. The van der Waals surface area contributed by atoms with Crippen LogP contribution in [0.2, 0.25) is 0 Å². The van der Waals surface area contributed by atoms with Crippen LogP contribution in [0.25, 0.3) is 11.0 Å². The number of carbonyl (C=O) groups excluding carboxylic acids is 1. The van der Waals surface area contributed by atoms with Crippen LogP contribution in [0.5, 0.6) is 0 Å². The maximum atomic E-state index is 12.2. The Hall–Kier alpha value is -1.79. The van der Waals surface area contributed by atoms with Crippen molar-refractivity contribution in [1.29, 1.82) is 0 Å². The molecule has 1 atom stereocenters. The van der Waals surface area contributed by atoms with Crippen molar-refractivity contribution in [2.45, 2.75) is 32.9 Å². The highest BCUT2D eigenvalue weighted by Gasteiger charge is 2.28. The summed E-state index contributed by atoms with van der Waals surface area (Å²) in [5.74, 6) is -0.0188. The average molecular weight is 327 g/mol. The minimum atomic E-state index is -0.479. The zero-order valence-corrected chi connectivity index (χ0v) is 13.9. The van der Waals surface area contributed by atoms with Crippen molar-refractivity contribution in [3.05, 3.63) is 34.7 Å².